The molecule has 0 aliphatic heterocycles. The third-order valence-electron chi connectivity index (χ3n) is 3.40. The molecule has 0 bridgehead atoms. The minimum absolute atomic E-state index is 0.449. The summed E-state index contributed by atoms with van der Waals surface area (Å²) in [5, 5.41) is 0. The number of benzene rings is 2. The van der Waals surface area contributed by atoms with Crippen molar-refractivity contribution in [3.8, 4) is 0 Å². The summed E-state index contributed by atoms with van der Waals surface area (Å²) in [5.74, 6) is -0.449. The number of rotatable bonds is 2. The maximum atomic E-state index is 11.2. The Morgan fingerprint density at radius 3 is 2.80 bits per heavy atom. The molecule has 0 fully saturated rings. The van der Waals surface area contributed by atoms with E-state index in [0.29, 0.717) is 16.8 Å². The summed E-state index contributed by atoms with van der Waals surface area (Å²) in [7, 11) is 1.94. The zero-order chi connectivity index (χ0) is 14.3. The highest BCUT2D eigenvalue weighted by Gasteiger charge is 2.12. The van der Waals surface area contributed by atoms with Crippen LogP contribution in [-0.2, 0) is 0 Å². The van der Waals surface area contributed by atoms with Crippen LogP contribution in [0.1, 0.15) is 5.56 Å². The second-order valence-corrected chi connectivity index (χ2v) is 4.77. The summed E-state index contributed by atoms with van der Waals surface area (Å²) in [6, 6.07) is 11.4. The lowest BCUT2D eigenvalue weighted by Gasteiger charge is -2.23. The summed E-state index contributed by atoms with van der Waals surface area (Å²) in [6.07, 6.45) is 0. The quantitative estimate of drug-likeness (QED) is 0.701. The number of nitrogens with one attached hydrogen (secondary N) is 1. The highest BCUT2D eigenvalue weighted by Crippen LogP contribution is 2.33. The summed E-state index contributed by atoms with van der Waals surface area (Å²) < 4.78 is 5.09. The van der Waals surface area contributed by atoms with Crippen molar-refractivity contribution in [1.82, 2.24) is 4.98 Å². The number of nitrogens with zero attached hydrogens (tertiary/aromatic N) is 1. The highest BCUT2D eigenvalue weighted by molar-refractivity contribution is 5.82. The molecule has 0 spiro atoms. The Labute approximate surface area is 115 Å². The van der Waals surface area contributed by atoms with Crippen LogP contribution >= 0.6 is 0 Å². The predicted molar refractivity (Wildman–Crippen MR) is 80.5 cm³/mol. The fraction of sp³-hybridized carbons (Fsp3) is 0.133. The SMILES string of the molecule is Cc1cccc(N)c1N(C)c1ccc2[nH]c(=O)oc2c1. The number of aromatic amines is 1. The number of hydrogen-bond acceptors (Lipinski definition) is 4. The number of nitrogen functional groups attached to an aromatic ring is 1. The van der Waals surface area contributed by atoms with E-state index in [1.807, 2.05) is 55.3 Å². The molecule has 0 radical (unpaired) electrons. The minimum atomic E-state index is -0.449. The van der Waals surface area contributed by atoms with Crippen molar-refractivity contribution in [3.05, 3.63) is 52.5 Å². The van der Waals surface area contributed by atoms with E-state index in [9.17, 15) is 4.79 Å². The van der Waals surface area contributed by atoms with Gasteiger partial charge in [0.2, 0.25) is 0 Å². The van der Waals surface area contributed by atoms with Crippen LogP contribution in [0.4, 0.5) is 17.1 Å². The molecule has 2 aromatic carbocycles. The van der Waals surface area contributed by atoms with Crippen molar-refractivity contribution in [2.75, 3.05) is 17.7 Å². The van der Waals surface area contributed by atoms with Gasteiger partial charge in [-0.3, -0.25) is 4.98 Å². The summed E-state index contributed by atoms with van der Waals surface area (Å²) in [4.78, 5) is 15.8. The van der Waals surface area contributed by atoms with Crippen molar-refractivity contribution >= 4 is 28.2 Å². The second-order valence-electron chi connectivity index (χ2n) is 4.77. The first-order valence-electron chi connectivity index (χ1n) is 6.28. The van der Waals surface area contributed by atoms with Crippen molar-refractivity contribution in [3.63, 3.8) is 0 Å². The molecule has 0 aliphatic rings. The molecule has 3 rings (SSSR count). The fourth-order valence-corrected chi connectivity index (χ4v) is 2.41. The Morgan fingerprint density at radius 2 is 2.05 bits per heavy atom. The normalized spacial score (nSPS) is 10.9. The van der Waals surface area contributed by atoms with Gasteiger partial charge in [-0.05, 0) is 30.7 Å². The van der Waals surface area contributed by atoms with E-state index in [4.69, 9.17) is 10.2 Å². The molecule has 102 valence electrons. The number of oxazole rings is 1. The Kier molecular flexibility index (Phi) is 2.75. The van der Waals surface area contributed by atoms with Crippen LogP contribution in [0.25, 0.3) is 11.1 Å². The van der Waals surface area contributed by atoms with Gasteiger partial charge >= 0.3 is 5.76 Å². The van der Waals surface area contributed by atoms with Crippen LogP contribution in [0.5, 0.6) is 0 Å². The third kappa shape index (κ3) is 1.93. The van der Waals surface area contributed by atoms with Gasteiger partial charge < -0.3 is 15.1 Å². The fourth-order valence-electron chi connectivity index (χ4n) is 2.41. The van der Waals surface area contributed by atoms with Crippen molar-refractivity contribution in [1.29, 1.82) is 0 Å². The monoisotopic (exact) mass is 269 g/mol. The molecule has 5 heteroatoms. The van der Waals surface area contributed by atoms with Crippen LogP contribution in [0.3, 0.4) is 0 Å². The van der Waals surface area contributed by atoms with Gasteiger partial charge in [0.15, 0.2) is 5.58 Å². The molecule has 0 amide bonds. The molecule has 0 saturated heterocycles. The van der Waals surface area contributed by atoms with E-state index in [-0.39, 0.29) is 0 Å². The standard InChI is InChI=1S/C15H15N3O2/c1-9-4-3-5-11(16)14(9)18(2)10-6-7-12-13(8-10)20-15(19)17-12/h3-8H,16H2,1-2H3,(H,17,19). The van der Waals surface area contributed by atoms with Gasteiger partial charge in [-0.15, -0.1) is 0 Å². The lowest BCUT2D eigenvalue weighted by molar-refractivity contribution is 0.555. The van der Waals surface area contributed by atoms with Gasteiger partial charge in [-0.2, -0.15) is 0 Å². The number of para-hydroxylation sites is 1. The molecule has 0 unspecified atom stereocenters. The molecule has 0 atom stereocenters. The molecule has 0 aliphatic carbocycles. The molecule has 0 saturated carbocycles. The first-order valence-corrected chi connectivity index (χ1v) is 6.28. The van der Waals surface area contributed by atoms with Crippen LogP contribution in [0.2, 0.25) is 0 Å². The third-order valence-corrected chi connectivity index (χ3v) is 3.40. The maximum absolute atomic E-state index is 11.2. The van der Waals surface area contributed by atoms with Crippen molar-refractivity contribution in [2.24, 2.45) is 0 Å². The van der Waals surface area contributed by atoms with Crippen LogP contribution in [0.15, 0.2) is 45.6 Å². The van der Waals surface area contributed by atoms with E-state index in [1.165, 1.54) is 0 Å². The summed E-state index contributed by atoms with van der Waals surface area (Å²) in [5.41, 5.74) is 10.9. The number of anilines is 3. The summed E-state index contributed by atoms with van der Waals surface area (Å²) in [6.45, 7) is 2.01. The number of nitrogens with two attached hydrogens (primary N) is 1. The zero-order valence-corrected chi connectivity index (χ0v) is 11.3. The first-order chi connectivity index (χ1) is 9.56. The lowest BCUT2D eigenvalue weighted by Crippen LogP contribution is -2.12. The molecule has 5 nitrogen and oxygen atoms in total. The molecule has 1 heterocycles. The van der Waals surface area contributed by atoms with E-state index in [0.717, 1.165) is 16.9 Å². The van der Waals surface area contributed by atoms with Crippen LogP contribution < -0.4 is 16.4 Å². The van der Waals surface area contributed by atoms with Gasteiger partial charge in [0, 0.05) is 18.8 Å². The Morgan fingerprint density at radius 1 is 1.25 bits per heavy atom. The van der Waals surface area contributed by atoms with Gasteiger partial charge in [-0.25, -0.2) is 4.79 Å². The maximum Gasteiger partial charge on any atom is 0.417 e. The summed E-state index contributed by atoms with van der Waals surface area (Å²) >= 11 is 0. The Bertz CT molecular complexity index is 812. The van der Waals surface area contributed by atoms with E-state index in [1.54, 1.807) is 0 Å². The van der Waals surface area contributed by atoms with E-state index < -0.39 is 5.76 Å². The average Bonchev–Trinajstić information content (AvgIpc) is 2.77. The van der Waals surface area contributed by atoms with Crippen molar-refractivity contribution < 1.29 is 4.42 Å². The smallest absolute Gasteiger partial charge is 0.408 e. The van der Waals surface area contributed by atoms with Gasteiger partial charge in [0.25, 0.3) is 0 Å². The number of hydrogen-bond donors (Lipinski definition) is 2. The molecule has 3 aromatic rings. The van der Waals surface area contributed by atoms with Gasteiger partial charge in [-0.1, -0.05) is 12.1 Å². The number of aryl methyl sites for hydroxylation is 1. The second kappa shape index (κ2) is 4.45. The zero-order valence-electron chi connectivity index (χ0n) is 11.3. The molecular weight excluding hydrogens is 254 g/mol. The first kappa shape index (κ1) is 12.3. The Hall–Kier alpha value is -2.69. The van der Waals surface area contributed by atoms with Gasteiger partial charge in [0.05, 0.1) is 16.9 Å². The number of aromatic nitrogens is 1. The largest absolute Gasteiger partial charge is 0.417 e. The van der Waals surface area contributed by atoms with Crippen molar-refractivity contribution in [2.45, 2.75) is 6.92 Å². The molecular formula is C15H15N3O2. The number of H-pyrrole nitrogens is 1. The van der Waals surface area contributed by atoms with Crippen LogP contribution in [0, 0.1) is 6.92 Å². The van der Waals surface area contributed by atoms with Gasteiger partial charge in [0.1, 0.15) is 0 Å². The van der Waals surface area contributed by atoms with Crippen LogP contribution in [-0.4, -0.2) is 12.0 Å². The average molecular weight is 269 g/mol. The lowest BCUT2D eigenvalue weighted by atomic mass is 10.1. The number of fused-ring (bicyclic) bond motifs is 1. The van der Waals surface area contributed by atoms with E-state index in [2.05, 4.69) is 4.98 Å². The van der Waals surface area contributed by atoms with E-state index >= 15 is 0 Å². The topological polar surface area (TPSA) is 75.3 Å². The minimum Gasteiger partial charge on any atom is -0.408 e. The molecule has 3 N–H and O–H groups in total. The predicted octanol–water partition coefficient (Wildman–Crippen LogP) is 2.78. The Balaban J connectivity index is 2.12. The molecule has 20 heavy (non-hydrogen) atoms. The highest BCUT2D eigenvalue weighted by atomic mass is 16.4. The molecule has 1 aromatic heterocycles.